The van der Waals surface area contributed by atoms with Gasteiger partial charge in [-0.3, -0.25) is 0 Å². The van der Waals surface area contributed by atoms with Crippen LogP contribution in [0, 0.1) is 0 Å². The molecular weight excluding hydrogens is 304 g/mol. The first kappa shape index (κ1) is 15.3. The second kappa shape index (κ2) is 6.10. The zero-order valence-electron chi connectivity index (χ0n) is 11.2. The molecule has 0 spiro atoms. The number of rotatable bonds is 5. The molecule has 0 aliphatic carbocycles. The van der Waals surface area contributed by atoms with Crippen molar-refractivity contribution in [2.45, 2.75) is 29.0 Å². The average Bonchev–Trinajstić information content (AvgIpc) is 2.95. The van der Waals surface area contributed by atoms with Crippen molar-refractivity contribution in [2.24, 2.45) is 0 Å². The van der Waals surface area contributed by atoms with Crippen LogP contribution in [0.15, 0.2) is 16.3 Å². The van der Waals surface area contributed by atoms with Crippen molar-refractivity contribution in [3.8, 4) is 0 Å². The number of nitrogens with zero attached hydrogens (tertiary/aromatic N) is 2. The Labute approximate surface area is 124 Å². The summed E-state index contributed by atoms with van der Waals surface area (Å²) in [5, 5.41) is 0. The van der Waals surface area contributed by atoms with Gasteiger partial charge in [-0.1, -0.05) is 0 Å². The van der Waals surface area contributed by atoms with Crippen molar-refractivity contribution in [1.82, 2.24) is 9.21 Å². The normalized spacial score (nSPS) is 21.4. The Morgan fingerprint density at radius 1 is 1.47 bits per heavy atom. The lowest BCUT2D eigenvalue weighted by Crippen LogP contribution is -2.40. The second-order valence-electron chi connectivity index (χ2n) is 5.03. The predicted octanol–water partition coefficient (Wildman–Crippen LogP) is 2.20. The molecule has 2 rings (SSSR count). The molecule has 1 aliphatic heterocycles. The SMILES string of the molecule is CN(C)CC1CCCN1S(=O)(=O)c1ccc(CCl)s1. The van der Waals surface area contributed by atoms with E-state index in [0.717, 1.165) is 24.3 Å². The van der Waals surface area contributed by atoms with Crippen molar-refractivity contribution >= 4 is 33.0 Å². The van der Waals surface area contributed by atoms with Crippen LogP contribution in [-0.2, 0) is 15.9 Å². The van der Waals surface area contributed by atoms with E-state index in [-0.39, 0.29) is 6.04 Å². The third-order valence-corrected chi connectivity index (χ3v) is 7.18. The van der Waals surface area contributed by atoms with Gasteiger partial charge in [0, 0.05) is 24.0 Å². The molecule has 1 unspecified atom stereocenters. The minimum atomic E-state index is -3.36. The molecule has 1 atom stereocenters. The fourth-order valence-electron chi connectivity index (χ4n) is 2.41. The first-order chi connectivity index (χ1) is 8.95. The lowest BCUT2D eigenvalue weighted by molar-refractivity contribution is 0.291. The molecule has 19 heavy (non-hydrogen) atoms. The van der Waals surface area contributed by atoms with Crippen LogP contribution in [0.1, 0.15) is 17.7 Å². The summed E-state index contributed by atoms with van der Waals surface area (Å²) in [6, 6.07) is 3.55. The van der Waals surface area contributed by atoms with Gasteiger partial charge in [0.05, 0.1) is 5.88 Å². The van der Waals surface area contributed by atoms with E-state index in [0.29, 0.717) is 16.6 Å². The first-order valence-electron chi connectivity index (χ1n) is 6.26. The molecular formula is C12H19ClN2O2S2. The summed E-state index contributed by atoms with van der Waals surface area (Å²) in [5.74, 6) is 0.362. The molecule has 0 aromatic carbocycles. The number of alkyl halides is 1. The van der Waals surface area contributed by atoms with Gasteiger partial charge >= 0.3 is 0 Å². The number of sulfonamides is 1. The standard InChI is InChI=1S/C12H19ClN2O2S2/c1-14(2)9-10-4-3-7-15(10)19(16,17)12-6-5-11(8-13)18-12/h5-6,10H,3-4,7-9H2,1-2H3. The van der Waals surface area contributed by atoms with Gasteiger partial charge in [-0.25, -0.2) is 8.42 Å². The van der Waals surface area contributed by atoms with Gasteiger partial charge < -0.3 is 4.90 Å². The lowest BCUT2D eigenvalue weighted by atomic mass is 10.2. The van der Waals surface area contributed by atoms with Crippen LogP contribution in [0.25, 0.3) is 0 Å². The lowest BCUT2D eigenvalue weighted by Gasteiger charge is -2.25. The fraction of sp³-hybridized carbons (Fsp3) is 0.667. The Morgan fingerprint density at radius 2 is 2.21 bits per heavy atom. The van der Waals surface area contributed by atoms with Crippen LogP contribution >= 0.6 is 22.9 Å². The maximum atomic E-state index is 12.6. The van der Waals surface area contributed by atoms with Crippen molar-refractivity contribution in [2.75, 3.05) is 27.2 Å². The Morgan fingerprint density at radius 3 is 2.79 bits per heavy atom. The van der Waals surface area contributed by atoms with E-state index in [1.807, 2.05) is 19.0 Å². The molecule has 0 saturated carbocycles. The largest absolute Gasteiger partial charge is 0.308 e. The maximum absolute atomic E-state index is 12.6. The van der Waals surface area contributed by atoms with Gasteiger partial charge in [0.1, 0.15) is 4.21 Å². The minimum absolute atomic E-state index is 0.0848. The molecule has 1 aromatic rings. The Balaban J connectivity index is 2.23. The molecule has 1 aliphatic rings. The molecule has 7 heteroatoms. The number of thiophene rings is 1. The zero-order valence-corrected chi connectivity index (χ0v) is 13.6. The van der Waals surface area contributed by atoms with E-state index in [4.69, 9.17) is 11.6 Å². The van der Waals surface area contributed by atoms with E-state index >= 15 is 0 Å². The highest BCUT2D eigenvalue weighted by atomic mass is 35.5. The van der Waals surface area contributed by atoms with Gasteiger partial charge in [-0.05, 0) is 39.1 Å². The molecule has 1 aromatic heterocycles. The second-order valence-corrected chi connectivity index (χ2v) is 8.58. The van der Waals surface area contributed by atoms with Crippen LogP contribution in [0.2, 0.25) is 0 Å². The third kappa shape index (κ3) is 3.31. The summed E-state index contributed by atoms with van der Waals surface area (Å²) in [4.78, 5) is 2.93. The molecule has 0 radical (unpaired) electrons. The number of halogens is 1. The molecule has 108 valence electrons. The molecule has 0 N–H and O–H groups in total. The van der Waals surface area contributed by atoms with Crippen LogP contribution in [-0.4, -0.2) is 50.8 Å². The van der Waals surface area contributed by atoms with E-state index in [9.17, 15) is 8.42 Å². The molecule has 2 heterocycles. The molecule has 1 fully saturated rings. The van der Waals surface area contributed by atoms with E-state index < -0.39 is 10.0 Å². The van der Waals surface area contributed by atoms with Crippen LogP contribution in [0.3, 0.4) is 0 Å². The average molecular weight is 323 g/mol. The highest BCUT2D eigenvalue weighted by molar-refractivity contribution is 7.91. The Kier molecular flexibility index (Phi) is 4.89. The molecule has 0 bridgehead atoms. The first-order valence-corrected chi connectivity index (χ1v) is 9.05. The summed E-state index contributed by atoms with van der Waals surface area (Å²) in [6.45, 7) is 1.39. The van der Waals surface area contributed by atoms with Crippen molar-refractivity contribution in [3.05, 3.63) is 17.0 Å². The van der Waals surface area contributed by atoms with Crippen molar-refractivity contribution in [1.29, 1.82) is 0 Å². The monoisotopic (exact) mass is 322 g/mol. The van der Waals surface area contributed by atoms with Gasteiger partial charge in [-0.15, -0.1) is 22.9 Å². The van der Waals surface area contributed by atoms with Gasteiger partial charge in [0.15, 0.2) is 0 Å². The third-order valence-electron chi connectivity index (χ3n) is 3.23. The van der Waals surface area contributed by atoms with Crippen molar-refractivity contribution < 1.29 is 8.42 Å². The van der Waals surface area contributed by atoms with E-state index in [1.54, 1.807) is 16.4 Å². The van der Waals surface area contributed by atoms with E-state index in [2.05, 4.69) is 0 Å². The highest BCUT2D eigenvalue weighted by Gasteiger charge is 2.36. The Hall–Kier alpha value is -0.140. The predicted molar refractivity (Wildman–Crippen MR) is 79.3 cm³/mol. The summed E-state index contributed by atoms with van der Waals surface area (Å²) >= 11 is 7.02. The van der Waals surface area contributed by atoms with Gasteiger partial charge in [0.2, 0.25) is 0 Å². The highest BCUT2D eigenvalue weighted by Crippen LogP contribution is 2.30. The number of hydrogen-bond acceptors (Lipinski definition) is 4. The smallest absolute Gasteiger partial charge is 0.252 e. The Bertz CT molecular complexity index is 528. The van der Waals surface area contributed by atoms with Crippen molar-refractivity contribution in [3.63, 3.8) is 0 Å². The number of likely N-dealkylation sites (N-methyl/N-ethyl adjacent to an activating group) is 1. The minimum Gasteiger partial charge on any atom is -0.308 e. The van der Waals surface area contributed by atoms with Crippen LogP contribution < -0.4 is 0 Å². The van der Waals surface area contributed by atoms with Crippen LogP contribution in [0.4, 0.5) is 0 Å². The summed E-state index contributed by atoms with van der Waals surface area (Å²) in [6.07, 6.45) is 1.87. The molecule has 1 saturated heterocycles. The maximum Gasteiger partial charge on any atom is 0.252 e. The fourth-order valence-corrected chi connectivity index (χ4v) is 5.69. The summed E-state index contributed by atoms with van der Waals surface area (Å²) < 4.78 is 27.3. The summed E-state index contributed by atoms with van der Waals surface area (Å²) in [5.41, 5.74) is 0. The van der Waals surface area contributed by atoms with Gasteiger partial charge in [-0.2, -0.15) is 4.31 Å². The quantitative estimate of drug-likeness (QED) is 0.780. The van der Waals surface area contributed by atoms with E-state index in [1.165, 1.54) is 11.3 Å². The summed E-state index contributed by atoms with van der Waals surface area (Å²) in [7, 11) is 0.588. The molecule has 4 nitrogen and oxygen atoms in total. The molecule has 0 amide bonds. The van der Waals surface area contributed by atoms with Crippen LogP contribution in [0.5, 0.6) is 0 Å². The zero-order chi connectivity index (χ0) is 14.0. The number of hydrogen-bond donors (Lipinski definition) is 0. The topological polar surface area (TPSA) is 40.6 Å². The van der Waals surface area contributed by atoms with Gasteiger partial charge in [0.25, 0.3) is 10.0 Å².